The Labute approximate surface area is 128 Å². The molecule has 1 N–H and O–H groups in total. The number of aliphatic hydroxyl groups excluding tert-OH is 1. The van der Waals surface area contributed by atoms with Crippen LogP contribution in [0.15, 0.2) is 18.2 Å². The van der Waals surface area contributed by atoms with Crippen LogP contribution in [0.4, 0.5) is 4.39 Å². The highest BCUT2D eigenvalue weighted by atomic mass is 19.1. The van der Waals surface area contributed by atoms with Crippen LogP contribution in [0, 0.1) is 18.7 Å². The van der Waals surface area contributed by atoms with E-state index in [1.165, 1.54) is 6.07 Å². The van der Waals surface area contributed by atoms with Crippen molar-refractivity contribution in [2.75, 3.05) is 14.1 Å². The molecule has 21 heavy (non-hydrogen) atoms. The lowest BCUT2D eigenvalue weighted by molar-refractivity contribution is -0.0382. The van der Waals surface area contributed by atoms with E-state index >= 15 is 0 Å². The maximum Gasteiger partial charge on any atom is 0.123 e. The van der Waals surface area contributed by atoms with E-state index in [0.29, 0.717) is 6.42 Å². The van der Waals surface area contributed by atoms with Gasteiger partial charge in [0.1, 0.15) is 5.82 Å². The number of halogens is 1. The molecule has 1 unspecified atom stereocenters. The van der Waals surface area contributed by atoms with Crippen molar-refractivity contribution >= 4 is 0 Å². The van der Waals surface area contributed by atoms with Gasteiger partial charge in [-0.3, -0.25) is 0 Å². The Morgan fingerprint density at radius 3 is 2.48 bits per heavy atom. The molecule has 0 aromatic heterocycles. The van der Waals surface area contributed by atoms with E-state index in [0.717, 1.165) is 42.7 Å². The van der Waals surface area contributed by atoms with Crippen LogP contribution < -0.4 is 0 Å². The van der Waals surface area contributed by atoms with Crippen molar-refractivity contribution in [3.05, 3.63) is 35.1 Å². The van der Waals surface area contributed by atoms with Crippen LogP contribution in [-0.2, 0) is 6.42 Å². The van der Waals surface area contributed by atoms with Gasteiger partial charge in [-0.15, -0.1) is 0 Å². The van der Waals surface area contributed by atoms with Crippen LogP contribution in [0.25, 0.3) is 0 Å². The summed E-state index contributed by atoms with van der Waals surface area (Å²) in [6.45, 7) is 4.20. The number of hydrogen-bond acceptors (Lipinski definition) is 2. The lowest BCUT2D eigenvalue weighted by Gasteiger charge is -2.48. The summed E-state index contributed by atoms with van der Waals surface area (Å²) in [6, 6.07) is 4.84. The Bertz CT molecular complexity index is 478. The van der Waals surface area contributed by atoms with Crippen LogP contribution in [0.1, 0.15) is 43.7 Å². The Morgan fingerprint density at radius 2 is 1.95 bits per heavy atom. The molecule has 1 atom stereocenters. The first kappa shape index (κ1) is 16.4. The minimum atomic E-state index is -0.413. The van der Waals surface area contributed by atoms with Crippen molar-refractivity contribution in [3.63, 3.8) is 0 Å². The molecular formula is C18H28FNO. The van der Waals surface area contributed by atoms with Crippen LogP contribution in [0.5, 0.6) is 0 Å². The predicted octanol–water partition coefficient (Wildman–Crippen LogP) is 3.55. The molecule has 1 fully saturated rings. The van der Waals surface area contributed by atoms with Crippen molar-refractivity contribution in [1.29, 1.82) is 0 Å². The highest BCUT2D eigenvalue weighted by Gasteiger charge is 2.42. The zero-order chi connectivity index (χ0) is 15.6. The van der Waals surface area contributed by atoms with Gasteiger partial charge in [0, 0.05) is 12.0 Å². The molecule has 1 aliphatic rings. The summed E-state index contributed by atoms with van der Waals surface area (Å²) in [5.41, 5.74) is 1.82. The van der Waals surface area contributed by atoms with Crippen molar-refractivity contribution in [3.8, 4) is 0 Å². The second-order valence-corrected chi connectivity index (χ2v) is 6.97. The SMILES string of the molecule is Cc1cc(F)ccc1CC(O)C1(N(C)C)CCC(C)CC1. The Morgan fingerprint density at radius 1 is 1.33 bits per heavy atom. The van der Waals surface area contributed by atoms with Crippen molar-refractivity contribution in [2.24, 2.45) is 5.92 Å². The Kier molecular flexibility index (Phi) is 5.05. The number of rotatable bonds is 4. The highest BCUT2D eigenvalue weighted by molar-refractivity contribution is 5.27. The summed E-state index contributed by atoms with van der Waals surface area (Å²) in [6.07, 6.45) is 4.57. The quantitative estimate of drug-likeness (QED) is 0.917. The van der Waals surface area contributed by atoms with E-state index in [-0.39, 0.29) is 11.4 Å². The van der Waals surface area contributed by atoms with E-state index in [1.54, 1.807) is 6.07 Å². The molecule has 1 saturated carbocycles. The van der Waals surface area contributed by atoms with E-state index < -0.39 is 6.10 Å². The molecule has 0 saturated heterocycles. The lowest BCUT2D eigenvalue weighted by Crippen LogP contribution is -2.56. The highest BCUT2D eigenvalue weighted by Crippen LogP contribution is 2.38. The van der Waals surface area contributed by atoms with Crippen molar-refractivity contribution in [1.82, 2.24) is 4.90 Å². The summed E-state index contributed by atoms with van der Waals surface area (Å²) in [7, 11) is 4.13. The van der Waals surface area contributed by atoms with E-state index in [4.69, 9.17) is 0 Å². The fourth-order valence-electron chi connectivity index (χ4n) is 3.63. The topological polar surface area (TPSA) is 23.5 Å². The van der Waals surface area contributed by atoms with Gasteiger partial charge in [0.2, 0.25) is 0 Å². The standard InChI is InChI=1S/C18H28FNO/c1-13-7-9-18(10-8-13,20(3)4)17(21)12-15-5-6-16(19)11-14(15)2/h5-6,11,13,17,21H,7-10,12H2,1-4H3. The number of aliphatic hydroxyl groups is 1. The number of aryl methyl sites for hydroxylation is 1. The molecule has 1 aromatic rings. The second-order valence-electron chi connectivity index (χ2n) is 6.97. The van der Waals surface area contributed by atoms with Gasteiger partial charge in [-0.2, -0.15) is 0 Å². The smallest absolute Gasteiger partial charge is 0.123 e. The monoisotopic (exact) mass is 293 g/mol. The molecule has 2 nitrogen and oxygen atoms in total. The molecule has 2 rings (SSSR count). The number of hydrogen-bond donors (Lipinski definition) is 1. The Balaban J connectivity index is 2.17. The summed E-state index contributed by atoms with van der Waals surface area (Å²) in [4.78, 5) is 2.20. The zero-order valence-electron chi connectivity index (χ0n) is 13.7. The third-order valence-corrected chi connectivity index (χ3v) is 5.37. The summed E-state index contributed by atoms with van der Waals surface area (Å²) >= 11 is 0. The van der Waals surface area contributed by atoms with Gasteiger partial charge in [-0.05, 0) is 75.9 Å². The second kappa shape index (κ2) is 6.45. The first-order valence-corrected chi connectivity index (χ1v) is 7.95. The summed E-state index contributed by atoms with van der Waals surface area (Å²) in [5.74, 6) is 0.539. The first-order chi connectivity index (χ1) is 9.85. The fourth-order valence-corrected chi connectivity index (χ4v) is 3.63. The van der Waals surface area contributed by atoms with Gasteiger partial charge in [0.05, 0.1) is 6.10 Å². The number of benzene rings is 1. The largest absolute Gasteiger partial charge is 0.391 e. The van der Waals surface area contributed by atoms with Crippen molar-refractivity contribution in [2.45, 2.75) is 57.6 Å². The van der Waals surface area contributed by atoms with Gasteiger partial charge < -0.3 is 10.0 Å². The van der Waals surface area contributed by atoms with Crippen LogP contribution in [0.2, 0.25) is 0 Å². The lowest BCUT2D eigenvalue weighted by atomic mass is 9.71. The predicted molar refractivity (Wildman–Crippen MR) is 84.9 cm³/mol. The Hall–Kier alpha value is -0.930. The van der Waals surface area contributed by atoms with Crippen LogP contribution in [0.3, 0.4) is 0 Å². The van der Waals surface area contributed by atoms with E-state index in [2.05, 4.69) is 25.9 Å². The van der Waals surface area contributed by atoms with E-state index in [9.17, 15) is 9.50 Å². The maximum atomic E-state index is 13.2. The molecule has 1 aliphatic carbocycles. The van der Waals surface area contributed by atoms with Gasteiger partial charge >= 0.3 is 0 Å². The molecular weight excluding hydrogens is 265 g/mol. The van der Waals surface area contributed by atoms with Gasteiger partial charge in [0.15, 0.2) is 0 Å². The van der Waals surface area contributed by atoms with Crippen molar-refractivity contribution < 1.29 is 9.50 Å². The minimum absolute atomic E-state index is 0.145. The fraction of sp³-hybridized carbons (Fsp3) is 0.667. The molecule has 3 heteroatoms. The van der Waals surface area contributed by atoms with Gasteiger partial charge in [0.25, 0.3) is 0 Å². The average molecular weight is 293 g/mol. The maximum absolute atomic E-state index is 13.2. The number of likely N-dealkylation sites (N-methyl/N-ethyl adjacent to an activating group) is 1. The van der Waals surface area contributed by atoms with Crippen LogP contribution >= 0.6 is 0 Å². The minimum Gasteiger partial charge on any atom is -0.391 e. The molecule has 1 aromatic carbocycles. The van der Waals surface area contributed by atoms with Crippen LogP contribution in [-0.4, -0.2) is 35.7 Å². The van der Waals surface area contributed by atoms with Gasteiger partial charge in [-0.25, -0.2) is 4.39 Å². The van der Waals surface area contributed by atoms with E-state index in [1.807, 2.05) is 13.0 Å². The molecule has 0 bridgehead atoms. The third kappa shape index (κ3) is 3.46. The number of nitrogens with zero attached hydrogens (tertiary/aromatic N) is 1. The molecule has 118 valence electrons. The zero-order valence-corrected chi connectivity index (χ0v) is 13.7. The molecule has 0 heterocycles. The summed E-state index contributed by atoms with van der Waals surface area (Å²) in [5, 5.41) is 10.9. The molecule has 0 amide bonds. The molecule has 0 spiro atoms. The molecule has 0 aliphatic heterocycles. The average Bonchev–Trinajstić information content (AvgIpc) is 2.42. The normalized spacial score (nSPS) is 27.9. The van der Waals surface area contributed by atoms with Gasteiger partial charge in [-0.1, -0.05) is 13.0 Å². The molecule has 0 radical (unpaired) electrons. The third-order valence-electron chi connectivity index (χ3n) is 5.37. The first-order valence-electron chi connectivity index (χ1n) is 7.95. The summed E-state index contributed by atoms with van der Waals surface area (Å²) < 4.78 is 13.2.